The van der Waals surface area contributed by atoms with Gasteiger partial charge in [0.2, 0.25) is 5.91 Å². The SMILES string of the molecule is Cc1ccccc1-c1cnc(-c2cccnc2)nc1C1CCN(C(=O)CSc2ccccc2)CC1. The van der Waals surface area contributed by atoms with Crippen LogP contribution in [0.15, 0.2) is 90.2 Å². The molecule has 3 heterocycles. The second-order valence-electron chi connectivity index (χ2n) is 8.81. The van der Waals surface area contributed by atoms with E-state index >= 15 is 0 Å². The number of likely N-dealkylation sites (tertiary alicyclic amines) is 1. The lowest BCUT2D eigenvalue weighted by Gasteiger charge is -2.32. The van der Waals surface area contributed by atoms with Gasteiger partial charge in [-0.15, -0.1) is 11.8 Å². The molecule has 5 nitrogen and oxygen atoms in total. The van der Waals surface area contributed by atoms with Crippen LogP contribution in [-0.4, -0.2) is 44.6 Å². The molecule has 2 aromatic carbocycles. The van der Waals surface area contributed by atoms with Gasteiger partial charge in [0.05, 0.1) is 11.4 Å². The number of hydrogen-bond donors (Lipinski definition) is 0. The van der Waals surface area contributed by atoms with E-state index in [2.05, 4.69) is 36.2 Å². The number of aryl methyl sites for hydroxylation is 1. The fourth-order valence-electron chi connectivity index (χ4n) is 4.58. The van der Waals surface area contributed by atoms with E-state index in [0.717, 1.165) is 53.2 Å². The fraction of sp³-hybridized carbons (Fsp3) is 0.241. The van der Waals surface area contributed by atoms with Crippen molar-refractivity contribution in [3.05, 3.63) is 96.6 Å². The van der Waals surface area contributed by atoms with Gasteiger partial charge in [0.1, 0.15) is 0 Å². The van der Waals surface area contributed by atoms with Crippen molar-refractivity contribution in [2.45, 2.75) is 30.6 Å². The number of benzene rings is 2. The van der Waals surface area contributed by atoms with E-state index in [1.54, 1.807) is 24.2 Å². The van der Waals surface area contributed by atoms with E-state index in [4.69, 9.17) is 9.97 Å². The minimum Gasteiger partial charge on any atom is -0.342 e. The molecule has 1 amide bonds. The number of hydrogen-bond acceptors (Lipinski definition) is 5. The zero-order chi connectivity index (χ0) is 24.0. The minimum absolute atomic E-state index is 0.204. The molecule has 35 heavy (non-hydrogen) atoms. The average molecular weight is 481 g/mol. The third-order valence-corrected chi connectivity index (χ3v) is 7.51. The van der Waals surface area contributed by atoms with E-state index in [1.807, 2.05) is 53.6 Å². The lowest BCUT2D eigenvalue weighted by Crippen LogP contribution is -2.39. The first-order valence-electron chi connectivity index (χ1n) is 12.0. The first-order valence-corrected chi connectivity index (χ1v) is 13.0. The molecule has 6 heteroatoms. The molecule has 176 valence electrons. The van der Waals surface area contributed by atoms with E-state index in [1.165, 1.54) is 5.56 Å². The first kappa shape index (κ1) is 23.2. The Morgan fingerprint density at radius 3 is 2.46 bits per heavy atom. The van der Waals surface area contributed by atoms with E-state index < -0.39 is 0 Å². The molecule has 2 aromatic heterocycles. The normalized spacial score (nSPS) is 14.1. The second-order valence-corrected chi connectivity index (χ2v) is 9.85. The van der Waals surface area contributed by atoms with E-state index in [0.29, 0.717) is 11.6 Å². The standard InChI is InChI=1S/C29H28N4OS/c1-21-8-5-6-12-25(21)26-19-31-29(23-9-7-15-30-18-23)32-28(26)22-13-16-33(17-14-22)27(34)20-35-24-10-3-2-4-11-24/h2-12,15,18-19,22H,13-14,16-17,20H2,1H3. The first-order chi connectivity index (χ1) is 17.2. The Labute approximate surface area is 210 Å². The summed E-state index contributed by atoms with van der Waals surface area (Å²) in [5.41, 5.74) is 5.43. The summed E-state index contributed by atoms with van der Waals surface area (Å²) >= 11 is 1.60. The molecule has 0 saturated carbocycles. The van der Waals surface area contributed by atoms with Crippen molar-refractivity contribution < 1.29 is 4.79 Å². The molecule has 1 aliphatic heterocycles. The van der Waals surface area contributed by atoms with Crippen LogP contribution in [0.2, 0.25) is 0 Å². The van der Waals surface area contributed by atoms with Gasteiger partial charge >= 0.3 is 0 Å². The Bertz CT molecular complexity index is 1290. The largest absolute Gasteiger partial charge is 0.342 e. The number of piperidine rings is 1. The molecule has 1 saturated heterocycles. The van der Waals surface area contributed by atoms with Crippen molar-refractivity contribution in [3.63, 3.8) is 0 Å². The number of carbonyl (C=O) groups excluding carboxylic acids is 1. The van der Waals surface area contributed by atoms with Gasteiger partial charge in [0, 0.05) is 53.6 Å². The molecule has 0 atom stereocenters. The summed E-state index contributed by atoms with van der Waals surface area (Å²) in [7, 11) is 0. The molecular weight excluding hydrogens is 452 g/mol. The van der Waals surface area contributed by atoms with Gasteiger partial charge < -0.3 is 4.90 Å². The molecule has 4 aromatic rings. The Balaban J connectivity index is 1.36. The zero-order valence-corrected chi connectivity index (χ0v) is 20.6. The number of rotatable bonds is 6. The van der Waals surface area contributed by atoms with E-state index in [-0.39, 0.29) is 11.8 Å². The van der Waals surface area contributed by atoms with Gasteiger partial charge in [-0.05, 0) is 55.2 Å². The van der Waals surface area contributed by atoms with Crippen LogP contribution in [0.25, 0.3) is 22.5 Å². The maximum atomic E-state index is 12.9. The summed E-state index contributed by atoms with van der Waals surface area (Å²) in [6.45, 7) is 3.62. The van der Waals surface area contributed by atoms with E-state index in [9.17, 15) is 4.79 Å². The van der Waals surface area contributed by atoms with Crippen molar-refractivity contribution in [2.75, 3.05) is 18.8 Å². The molecular formula is C29H28N4OS. The number of nitrogens with zero attached hydrogens (tertiary/aromatic N) is 4. The van der Waals surface area contributed by atoms with Gasteiger partial charge in [-0.2, -0.15) is 0 Å². The smallest absolute Gasteiger partial charge is 0.232 e. The lowest BCUT2D eigenvalue weighted by atomic mass is 9.87. The summed E-state index contributed by atoms with van der Waals surface area (Å²) in [5.74, 6) is 1.65. The molecule has 0 radical (unpaired) electrons. The summed E-state index contributed by atoms with van der Waals surface area (Å²) in [4.78, 5) is 30.0. The number of carbonyl (C=O) groups is 1. The van der Waals surface area contributed by atoms with Gasteiger partial charge in [-0.25, -0.2) is 9.97 Å². The fourth-order valence-corrected chi connectivity index (χ4v) is 5.40. The Hall–Kier alpha value is -3.51. The lowest BCUT2D eigenvalue weighted by molar-refractivity contribution is -0.129. The van der Waals surface area contributed by atoms with Crippen LogP contribution >= 0.6 is 11.8 Å². The molecule has 0 bridgehead atoms. The monoisotopic (exact) mass is 480 g/mol. The highest BCUT2D eigenvalue weighted by atomic mass is 32.2. The highest BCUT2D eigenvalue weighted by Crippen LogP contribution is 2.36. The van der Waals surface area contributed by atoms with Gasteiger partial charge in [-0.1, -0.05) is 42.5 Å². The van der Waals surface area contributed by atoms with Crippen molar-refractivity contribution >= 4 is 17.7 Å². The average Bonchev–Trinajstić information content (AvgIpc) is 2.93. The quantitative estimate of drug-likeness (QED) is 0.316. The maximum Gasteiger partial charge on any atom is 0.232 e. The van der Waals surface area contributed by atoms with Crippen LogP contribution < -0.4 is 0 Å². The summed E-state index contributed by atoms with van der Waals surface area (Å²) in [5, 5.41) is 0. The van der Waals surface area contributed by atoms with Gasteiger partial charge in [0.25, 0.3) is 0 Å². The second kappa shape index (κ2) is 10.8. The van der Waals surface area contributed by atoms with Crippen LogP contribution in [-0.2, 0) is 4.79 Å². The highest BCUT2D eigenvalue weighted by Gasteiger charge is 2.27. The van der Waals surface area contributed by atoms with Crippen molar-refractivity contribution in [1.82, 2.24) is 19.9 Å². The Kier molecular flexibility index (Phi) is 7.19. The topological polar surface area (TPSA) is 59.0 Å². The van der Waals surface area contributed by atoms with Crippen LogP contribution in [0.5, 0.6) is 0 Å². The molecule has 5 rings (SSSR count). The van der Waals surface area contributed by atoms with Gasteiger partial charge in [-0.3, -0.25) is 9.78 Å². The predicted molar refractivity (Wildman–Crippen MR) is 141 cm³/mol. The highest BCUT2D eigenvalue weighted by molar-refractivity contribution is 8.00. The zero-order valence-electron chi connectivity index (χ0n) is 19.8. The van der Waals surface area contributed by atoms with Crippen LogP contribution in [0.1, 0.15) is 30.0 Å². The number of amides is 1. The number of aromatic nitrogens is 3. The van der Waals surface area contributed by atoms with Crippen LogP contribution in [0, 0.1) is 6.92 Å². The molecule has 0 unspecified atom stereocenters. The third kappa shape index (κ3) is 5.43. The predicted octanol–water partition coefficient (Wildman–Crippen LogP) is 6.01. The number of pyridine rings is 1. The molecule has 0 aliphatic carbocycles. The van der Waals surface area contributed by atoms with Crippen molar-refractivity contribution in [3.8, 4) is 22.5 Å². The molecule has 1 aliphatic rings. The van der Waals surface area contributed by atoms with Crippen molar-refractivity contribution in [2.24, 2.45) is 0 Å². The number of thioether (sulfide) groups is 1. The minimum atomic E-state index is 0.204. The van der Waals surface area contributed by atoms with Crippen LogP contribution in [0.3, 0.4) is 0 Å². The maximum absolute atomic E-state index is 12.9. The Morgan fingerprint density at radius 1 is 0.943 bits per heavy atom. The summed E-state index contributed by atoms with van der Waals surface area (Å²) in [6, 6.07) is 22.4. The summed E-state index contributed by atoms with van der Waals surface area (Å²) < 4.78 is 0. The van der Waals surface area contributed by atoms with Crippen LogP contribution in [0.4, 0.5) is 0 Å². The molecule has 0 spiro atoms. The Morgan fingerprint density at radius 2 is 1.71 bits per heavy atom. The van der Waals surface area contributed by atoms with Crippen molar-refractivity contribution in [1.29, 1.82) is 0 Å². The van der Waals surface area contributed by atoms with Gasteiger partial charge in [0.15, 0.2) is 5.82 Å². The third-order valence-electron chi connectivity index (χ3n) is 6.51. The summed E-state index contributed by atoms with van der Waals surface area (Å²) in [6.07, 6.45) is 7.31. The molecule has 0 N–H and O–H groups in total. The molecule has 1 fully saturated rings.